The molecule has 2 heterocycles. The summed E-state index contributed by atoms with van der Waals surface area (Å²) in [4.78, 5) is 34.2. The van der Waals surface area contributed by atoms with Gasteiger partial charge in [0.05, 0.1) is 5.41 Å². The number of rotatable bonds is 4. The lowest BCUT2D eigenvalue weighted by Crippen LogP contribution is -2.53. The van der Waals surface area contributed by atoms with Crippen LogP contribution >= 0.6 is 0 Å². The lowest BCUT2D eigenvalue weighted by atomic mass is 9.75. The number of likely N-dealkylation sites (tertiary alicyclic amines) is 1. The van der Waals surface area contributed by atoms with Gasteiger partial charge in [0, 0.05) is 44.1 Å². The van der Waals surface area contributed by atoms with Gasteiger partial charge >= 0.3 is 0 Å². The lowest BCUT2D eigenvalue weighted by molar-refractivity contribution is -0.147. The van der Waals surface area contributed by atoms with E-state index in [4.69, 9.17) is 0 Å². The highest BCUT2D eigenvalue weighted by molar-refractivity contribution is 5.91. The third kappa shape index (κ3) is 2.83. The molecule has 2 fully saturated rings. The number of hydrogen-bond donors (Lipinski definition) is 0. The highest BCUT2D eigenvalue weighted by Gasteiger charge is 2.53. The van der Waals surface area contributed by atoms with Crippen molar-refractivity contribution in [2.45, 2.75) is 64.0 Å². The van der Waals surface area contributed by atoms with E-state index in [9.17, 15) is 9.59 Å². The summed E-state index contributed by atoms with van der Waals surface area (Å²) >= 11 is 0. The monoisotopic (exact) mass is 353 g/mol. The Bertz CT molecular complexity index is 724. The highest BCUT2D eigenvalue weighted by atomic mass is 16.2. The van der Waals surface area contributed by atoms with Gasteiger partial charge in [0.1, 0.15) is 0 Å². The van der Waals surface area contributed by atoms with Crippen LogP contribution in [0.4, 0.5) is 0 Å². The molecule has 26 heavy (non-hydrogen) atoms. The topological polar surface area (TPSA) is 53.5 Å². The van der Waals surface area contributed by atoms with Crippen LogP contribution in [-0.2, 0) is 16.1 Å². The smallest absolute Gasteiger partial charge is 0.234 e. The Morgan fingerprint density at radius 2 is 2.15 bits per heavy atom. The summed E-state index contributed by atoms with van der Waals surface area (Å²) in [5.41, 5.74) is 1.53. The normalized spacial score (nSPS) is 26.0. The molecule has 4 rings (SSSR count). The summed E-state index contributed by atoms with van der Waals surface area (Å²) in [5.74, 6) is 0.365. The molecule has 2 aliphatic carbocycles. The highest BCUT2D eigenvalue weighted by Crippen LogP contribution is 2.51. The van der Waals surface area contributed by atoms with Crippen molar-refractivity contribution >= 4 is 11.8 Å². The zero-order chi connectivity index (χ0) is 18.1. The van der Waals surface area contributed by atoms with Crippen LogP contribution in [0.2, 0.25) is 0 Å². The molecule has 1 atom stereocenters. The molecule has 1 aromatic heterocycles. The summed E-state index contributed by atoms with van der Waals surface area (Å²) in [6, 6.07) is 4.19. The number of piperidine rings is 1. The van der Waals surface area contributed by atoms with Crippen LogP contribution in [0, 0.1) is 5.41 Å². The average molecular weight is 353 g/mol. The van der Waals surface area contributed by atoms with Crippen molar-refractivity contribution in [3.8, 4) is 0 Å². The third-order valence-corrected chi connectivity index (χ3v) is 6.28. The molecule has 5 nitrogen and oxygen atoms in total. The molecule has 1 saturated carbocycles. The summed E-state index contributed by atoms with van der Waals surface area (Å²) in [5, 5.41) is 0. The molecule has 0 radical (unpaired) electrons. The largest absolute Gasteiger partial charge is 0.341 e. The minimum atomic E-state index is -0.506. The maximum Gasteiger partial charge on any atom is 0.234 e. The van der Waals surface area contributed by atoms with Crippen molar-refractivity contribution in [3.05, 3.63) is 41.9 Å². The van der Waals surface area contributed by atoms with Gasteiger partial charge in [-0.15, -0.1) is 0 Å². The van der Waals surface area contributed by atoms with Crippen molar-refractivity contribution < 1.29 is 9.59 Å². The first-order valence-electron chi connectivity index (χ1n) is 9.79. The molecular weight excluding hydrogens is 326 g/mol. The van der Waals surface area contributed by atoms with Crippen LogP contribution in [0.5, 0.6) is 0 Å². The fraction of sp³-hybridized carbons (Fsp3) is 0.571. The number of hydrogen-bond acceptors (Lipinski definition) is 3. The SMILES string of the molecule is CN(Cc1cccnc1)C(=O)C12CCC=C1N(C1CCCC1)C(=O)CC2. The number of pyridine rings is 1. The van der Waals surface area contributed by atoms with E-state index >= 15 is 0 Å². The van der Waals surface area contributed by atoms with E-state index < -0.39 is 5.41 Å². The summed E-state index contributed by atoms with van der Waals surface area (Å²) < 4.78 is 0. The minimum absolute atomic E-state index is 0.153. The zero-order valence-corrected chi connectivity index (χ0v) is 15.5. The van der Waals surface area contributed by atoms with Gasteiger partial charge in [0.15, 0.2) is 0 Å². The van der Waals surface area contributed by atoms with Gasteiger partial charge in [0.25, 0.3) is 0 Å². The number of nitrogens with zero attached hydrogens (tertiary/aromatic N) is 3. The molecule has 0 aromatic carbocycles. The van der Waals surface area contributed by atoms with Crippen LogP contribution in [0.25, 0.3) is 0 Å². The fourth-order valence-corrected chi connectivity index (χ4v) is 5.02. The van der Waals surface area contributed by atoms with Gasteiger partial charge in [-0.25, -0.2) is 0 Å². The van der Waals surface area contributed by atoms with E-state index in [-0.39, 0.29) is 11.8 Å². The van der Waals surface area contributed by atoms with E-state index in [1.165, 1.54) is 12.8 Å². The van der Waals surface area contributed by atoms with Crippen LogP contribution in [0.15, 0.2) is 36.3 Å². The molecule has 1 saturated heterocycles. The maximum atomic E-state index is 13.5. The van der Waals surface area contributed by atoms with Gasteiger partial charge in [-0.05, 0) is 43.7 Å². The third-order valence-electron chi connectivity index (χ3n) is 6.28. The van der Waals surface area contributed by atoms with E-state index in [0.29, 0.717) is 25.4 Å². The van der Waals surface area contributed by atoms with E-state index in [0.717, 1.165) is 36.9 Å². The number of aromatic nitrogens is 1. The van der Waals surface area contributed by atoms with Crippen molar-refractivity contribution in [2.24, 2.45) is 5.41 Å². The number of carbonyl (C=O) groups excluding carboxylic acids is 2. The first-order chi connectivity index (χ1) is 12.6. The molecule has 3 aliphatic rings. The Morgan fingerprint density at radius 1 is 1.35 bits per heavy atom. The number of amides is 2. The van der Waals surface area contributed by atoms with Crippen LogP contribution < -0.4 is 0 Å². The van der Waals surface area contributed by atoms with Gasteiger partial charge in [-0.2, -0.15) is 0 Å². The lowest BCUT2D eigenvalue weighted by Gasteiger charge is -2.45. The molecule has 1 unspecified atom stereocenters. The summed E-state index contributed by atoms with van der Waals surface area (Å²) in [6.45, 7) is 0.555. The first kappa shape index (κ1) is 17.3. The fourth-order valence-electron chi connectivity index (χ4n) is 5.02. The minimum Gasteiger partial charge on any atom is -0.341 e. The van der Waals surface area contributed by atoms with Crippen LogP contribution in [-0.4, -0.2) is 39.7 Å². The predicted octanol–water partition coefficient (Wildman–Crippen LogP) is 3.27. The van der Waals surface area contributed by atoms with Crippen LogP contribution in [0.3, 0.4) is 0 Å². The zero-order valence-electron chi connectivity index (χ0n) is 15.5. The Kier molecular flexibility index (Phi) is 4.55. The second-order valence-corrected chi connectivity index (χ2v) is 7.93. The Hall–Kier alpha value is -2.17. The van der Waals surface area contributed by atoms with Crippen molar-refractivity contribution in [1.82, 2.24) is 14.8 Å². The molecule has 1 aromatic rings. The molecule has 0 bridgehead atoms. The molecular formula is C21H27N3O2. The van der Waals surface area contributed by atoms with Crippen molar-refractivity contribution in [2.75, 3.05) is 7.05 Å². The number of carbonyl (C=O) groups is 2. The van der Waals surface area contributed by atoms with E-state index in [1.807, 2.05) is 35.2 Å². The van der Waals surface area contributed by atoms with E-state index in [2.05, 4.69) is 11.1 Å². The molecule has 0 spiro atoms. The van der Waals surface area contributed by atoms with Crippen LogP contribution in [0.1, 0.15) is 56.9 Å². The standard InChI is InChI=1S/C21H27N3O2/c1-23(15-16-6-5-13-22-14-16)20(26)21-11-4-9-18(21)24(19(25)10-12-21)17-7-2-3-8-17/h5-6,9,13-14,17H,2-4,7-8,10-12,15H2,1H3. The average Bonchev–Trinajstić information content (AvgIpc) is 3.32. The quantitative estimate of drug-likeness (QED) is 0.835. The number of allylic oxidation sites excluding steroid dienone is 1. The number of fused-ring (bicyclic) bond motifs is 1. The second-order valence-electron chi connectivity index (χ2n) is 7.93. The molecule has 1 aliphatic heterocycles. The predicted molar refractivity (Wildman–Crippen MR) is 98.8 cm³/mol. The van der Waals surface area contributed by atoms with Gasteiger partial charge < -0.3 is 9.80 Å². The summed E-state index contributed by atoms with van der Waals surface area (Å²) in [6.07, 6.45) is 13.1. The molecule has 5 heteroatoms. The maximum absolute atomic E-state index is 13.5. The van der Waals surface area contributed by atoms with Gasteiger partial charge in [-0.3, -0.25) is 14.6 Å². The Labute approximate surface area is 155 Å². The van der Waals surface area contributed by atoms with Gasteiger partial charge in [-0.1, -0.05) is 25.0 Å². The van der Waals surface area contributed by atoms with Crippen molar-refractivity contribution in [1.29, 1.82) is 0 Å². The second kappa shape index (κ2) is 6.86. The summed E-state index contributed by atoms with van der Waals surface area (Å²) in [7, 11) is 1.87. The molecule has 138 valence electrons. The Morgan fingerprint density at radius 3 is 2.88 bits per heavy atom. The molecule has 0 N–H and O–H groups in total. The van der Waals surface area contributed by atoms with E-state index in [1.54, 1.807) is 6.20 Å². The first-order valence-corrected chi connectivity index (χ1v) is 9.79. The Balaban J connectivity index is 1.58. The van der Waals surface area contributed by atoms with Gasteiger partial charge in [0.2, 0.25) is 11.8 Å². The molecule has 2 amide bonds. The van der Waals surface area contributed by atoms with Crippen molar-refractivity contribution in [3.63, 3.8) is 0 Å².